The Morgan fingerprint density at radius 2 is 1.61 bits per heavy atom. The number of nitrogens with zero attached hydrogens (tertiary/aromatic N) is 3. The molecule has 0 radical (unpaired) electrons. The molecule has 0 aromatic rings. The van der Waals surface area contributed by atoms with Crippen LogP contribution in [0.2, 0.25) is 0 Å². The average molecular weight is 544 g/mol. The summed E-state index contributed by atoms with van der Waals surface area (Å²) in [6.07, 6.45) is -1.33. The number of alkyl carbamates (subject to hydrolysis) is 1. The van der Waals surface area contributed by atoms with E-state index in [1.165, 1.54) is 0 Å². The summed E-state index contributed by atoms with van der Waals surface area (Å²) in [5, 5.41) is 22.1. The minimum atomic E-state index is -1.39. The molecule has 0 rings (SSSR count). The molecule has 0 aliphatic carbocycles. The van der Waals surface area contributed by atoms with Crippen molar-refractivity contribution >= 4 is 35.8 Å². The standard InChI is InChI=1S/C22H37N7O9/c1-12(2)17(19(33)27-14(20(34)35)9-10-24-21(36)38-22(3,4)5)28-18(32)13(7-8-16(31)37-6)26-15(30)11-25-29-23/h12-14,17H,7-11H2,1-6H3,(H,24,36)(H,26,30)(H,27,33)(H,28,32)(H,34,35)/t13-,14-,17-/m0/s1. The summed E-state index contributed by atoms with van der Waals surface area (Å²) in [4.78, 5) is 75.2. The highest BCUT2D eigenvalue weighted by Crippen LogP contribution is 2.08. The van der Waals surface area contributed by atoms with Gasteiger partial charge in [0.15, 0.2) is 0 Å². The summed E-state index contributed by atoms with van der Waals surface area (Å²) < 4.78 is 9.61. The summed E-state index contributed by atoms with van der Waals surface area (Å²) in [7, 11) is 1.15. The van der Waals surface area contributed by atoms with Gasteiger partial charge in [-0.2, -0.15) is 0 Å². The number of hydrogen-bond acceptors (Lipinski definition) is 9. The normalized spacial score (nSPS) is 13.1. The molecule has 0 bridgehead atoms. The second-order valence-electron chi connectivity index (χ2n) is 9.47. The number of esters is 1. The molecule has 4 amide bonds. The number of azide groups is 1. The van der Waals surface area contributed by atoms with Gasteiger partial charge in [0, 0.05) is 17.9 Å². The number of hydrogen-bond donors (Lipinski definition) is 5. The van der Waals surface area contributed by atoms with E-state index in [-0.39, 0.29) is 25.8 Å². The number of carbonyl (C=O) groups excluding carboxylic acids is 5. The Kier molecular flexibility index (Phi) is 14.8. The van der Waals surface area contributed by atoms with Crippen molar-refractivity contribution < 1.29 is 43.3 Å². The summed E-state index contributed by atoms with van der Waals surface area (Å²) >= 11 is 0. The van der Waals surface area contributed by atoms with E-state index in [2.05, 4.69) is 36.0 Å². The summed E-state index contributed by atoms with van der Waals surface area (Å²) in [5.41, 5.74) is 7.62. The van der Waals surface area contributed by atoms with E-state index in [9.17, 15) is 33.9 Å². The molecule has 0 heterocycles. The van der Waals surface area contributed by atoms with Gasteiger partial charge < -0.3 is 35.8 Å². The fourth-order valence-electron chi connectivity index (χ4n) is 2.91. The predicted octanol–water partition coefficient (Wildman–Crippen LogP) is 0.360. The monoisotopic (exact) mass is 543 g/mol. The molecular formula is C22H37N7O9. The molecule has 0 unspecified atom stereocenters. The van der Waals surface area contributed by atoms with E-state index in [0.717, 1.165) is 7.11 Å². The van der Waals surface area contributed by atoms with Gasteiger partial charge in [-0.3, -0.25) is 19.2 Å². The molecule has 0 aromatic carbocycles. The average Bonchev–Trinajstić information content (AvgIpc) is 2.80. The van der Waals surface area contributed by atoms with Gasteiger partial charge in [0.25, 0.3) is 0 Å². The number of aliphatic carboxylic acids is 1. The zero-order valence-corrected chi connectivity index (χ0v) is 22.4. The third-order valence-corrected chi connectivity index (χ3v) is 4.76. The molecule has 38 heavy (non-hydrogen) atoms. The van der Waals surface area contributed by atoms with Crippen molar-refractivity contribution in [2.75, 3.05) is 20.2 Å². The lowest BCUT2D eigenvalue weighted by molar-refractivity contribution is -0.142. The minimum absolute atomic E-state index is 0.113. The van der Waals surface area contributed by atoms with Crippen LogP contribution in [-0.2, 0) is 33.4 Å². The lowest BCUT2D eigenvalue weighted by atomic mass is 10.0. The van der Waals surface area contributed by atoms with E-state index in [1.807, 2.05) is 0 Å². The Balaban J connectivity index is 5.38. The number of amides is 4. The quantitative estimate of drug-likeness (QED) is 0.0827. The molecule has 214 valence electrons. The molecule has 16 nitrogen and oxygen atoms in total. The maximum absolute atomic E-state index is 12.9. The second-order valence-corrected chi connectivity index (χ2v) is 9.47. The van der Waals surface area contributed by atoms with Crippen molar-refractivity contribution in [1.29, 1.82) is 0 Å². The Hall–Kier alpha value is -4.07. The highest BCUT2D eigenvalue weighted by molar-refractivity contribution is 5.94. The van der Waals surface area contributed by atoms with Crippen molar-refractivity contribution in [2.45, 2.75) is 77.6 Å². The van der Waals surface area contributed by atoms with Gasteiger partial charge in [-0.15, -0.1) is 0 Å². The maximum atomic E-state index is 12.9. The van der Waals surface area contributed by atoms with Crippen LogP contribution in [0.5, 0.6) is 0 Å². The number of carboxylic acids is 1. The van der Waals surface area contributed by atoms with Crippen LogP contribution < -0.4 is 21.3 Å². The first-order chi connectivity index (χ1) is 17.6. The number of nitrogens with one attached hydrogen (secondary N) is 4. The van der Waals surface area contributed by atoms with Gasteiger partial charge in [0.05, 0.1) is 7.11 Å². The van der Waals surface area contributed by atoms with E-state index >= 15 is 0 Å². The highest BCUT2D eigenvalue weighted by atomic mass is 16.6. The molecule has 5 N–H and O–H groups in total. The third-order valence-electron chi connectivity index (χ3n) is 4.76. The number of rotatable bonds is 15. The number of ether oxygens (including phenoxy) is 2. The smallest absolute Gasteiger partial charge is 0.407 e. The van der Waals surface area contributed by atoms with Crippen molar-refractivity contribution in [1.82, 2.24) is 21.3 Å². The number of methoxy groups -OCH3 is 1. The lowest BCUT2D eigenvalue weighted by Crippen LogP contribution is -2.57. The molecule has 0 spiro atoms. The molecule has 0 aromatic heterocycles. The molecule has 16 heteroatoms. The number of carboxylic acid groups (broad SMARTS) is 1. The Morgan fingerprint density at radius 1 is 0.974 bits per heavy atom. The fourth-order valence-corrected chi connectivity index (χ4v) is 2.91. The molecule has 3 atom stereocenters. The minimum Gasteiger partial charge on any atom is -0.480 e. The van der Waals surface area contributed by atoms with Gasteiger partial charge in [-0.25, -0.2) is 9.59 Å². The van der Waals surface area contributed by atoms with Crippen LogP contribution in [0.4, 0.5) is 4.79 Å². The Labute approximate surface area is 220 Å². The highest BCUT2D eigenvalue weighted by Gasteiger charge is 2.31. The summed E-state index contributed by atoms with van der Waals surface area (Å²) in [6, 6.07) is -3.88. The van der Waals surface area contributed by atoms with Crippen LogP contribution in [-0.4, -0.2) is 84.8 Å². The van der Waals surface area contributed by atoms with Crippen molar-refractivity contribution in [3.05, 3.63) is 10.4 Å². The molecular weight excluding hydrogens is 506 g/mol. The van der Waals surface area contributed by atoms with E-state index < -0.39 is 71.9 Å². The molecule has 0 aliphatic heterocycles. The topological polar surface area (TPSA) is 238 Å². The van der Waals surface area contributed by atoms with Crippen LogP contribution in [0.15, 0.2) is 5.11 Å². The Morgan fingerprint density at radius 3 is 2.11 bits per heavy atom. The zero-order chi connectivity index (χ0) is 29.5. The zero-order valence-electron chi connectivity index (χ0n) is 22.4. The van der Waals surface area contributed by atoms with Gasteiger partial charge in [0.2, 0.25) is 17.7 Å². The largest absolute Gasteiger partial charge is 0.480 e. The van der Waals surface area contributed by atoms with E-state index in [1.54, 1.807) is 34.6 Å². The van der Waals surface area contributed by atoms with E-state index in [4.69, 9.17) is 10.3 Å². The molecule has 0 aliphatic rings. The molecule has 0 fully saturated rings. The second kappa shape index (κ2) is 16.6. The summed E-state index contributed by atoms with van der Waals surface area (Å²) in [5.74, 6) is -4.94. The summed E-state index contributed by atoms with van der Waals surface area (Å²) in [6.45, 7) is 7.50. The maximum Gasteiger partial charge on any atom is 0.407 e. The first-order valence-corrected chi connectivity index (χ1v) is 11.8. The van der Waals surface area contributed by atoms with Crippen LogP contribution in [0.1, 0.15) is 53.9 Å². The van der Waals surface area contributed by atoms with Crippen LogP contribution in [0.25, 0.3) is 10.4 Å². The van der Waals surface area contributed by atoms with Gasteiger partial charge in [-0.05, 0) is 45.1 Å². The van der Waals surface area contributed by atoms with Crippen molar-refractivity contribution in [2.24, 2.45) is 11.0 Å². The van der Waals surface area contributed by atoms with Gasteiger partial charge in [0.1, 0.15) is 30.3 Å². The Bertz CT molecular complexity index is 911. The van der Waals surface area contributed by atoms with Crippen LogP contribution >= 0.6 is 0 Å². The molecule has 0 saturated heterocycles. The van der Waals surface area contributed by atoms with Gasteiger partial charge >= 0.3 is 18.0 Å². The lowest BCUT2D eigenvalue weighted by Gasteiger charge is -2.26. The SMILES string of the molecule is COC(=O)CC[C@H](NC(=O)CN=[N+]=[N-])C(=O)N[C@H](C(=O)N[C@@H](CCNC(=O)OC(C)(C)C)C(=O)O)C(C)C. The number of carbonyl (C=O) groups is 6. The fraction of sp³-hybridized carbons (Fsp3) is 0.727. The van der Waals surface area contributed by atoms with E-state index in [0.29, 0.717) is 0 Å². The van der Waals surface area contributed by atoms with Gasteiger partial charge in [-0.1, -0.05) is 19.0 Å². The first-order valence-electron chi connectivity index (χ1n) is 11.8. The van der Waals surface area contributed by atoms with Crippen molar-refractivity contribution in [3.8, 4) is 0 Å². The van der Waals surface area contributed by atoms with Crippen LogP contribution in [0, 0.1) is 5.92 Å². The van der Waals surface area contributed by atoms with Crippen molar-refractivity contribution in [3.63, 3.8) is 0 Å². The first kappa shape index (κ1) is 33.9. The molecule has 0 saturated carbocycles. The predicted molar refractivity (Wildman–Crippen MR) is 132 cm³/mol. The van der Waals surface area contributed by atoms with Crippen LogP contribution in [0.3, 0.4) is 0 Å². The third kappa shape index (κ3) is 14.5.